The summed E-state index contributed by atoms with van der Waals surface area (Å²) in [6, 6.07) is 15.1. The lowest BCUT2D eigenvalue weighted by Crippen LogP contribution is -2.40. The number of para-hydroxylation sites is 1. The summed E-state index contributed by atoms with van der Waals surface area (Å²) in [5.41, 5.74) is 3.15. The van der Waals surface area contributed by atoms with E-state index >= 15 is 0 Å². The first-order valence-corrected chi connectivity index (χ1v) is 13.9. The standard InChI is InChI=1S/C31H29N3O6S/c1-6-39-29(36)26-18(2)32-30-33(27(26)20-11-13-21(14-12-20)31(3,4)5)28(35)25(41-30)16-19-15-24(40-17-19)22-9-7-8-10-23(22)34(37)38/h7-17,27H,6H2,1-5H3/b25-16+/t27-/m0/s1. The van der Waals surface area contributed by atoms with Gasteiger partial charge >= 0.3 is 5.97 Å². The van der Waals surface area contributed by atoms with Gasteiger partial charge in [-0.25, -0.2) is 9.79 Å². The van der Waals surface area contributed by atoms with Gasteiger partial charge in [-0.1, -0.05) is 68.5 Å². The number of rotatable bonds is 6. The summed E-state index contributed by atoms with van der Waals surface area (Å²) >= 11 is 1.20. The number of fused-ring (bicyclic) bond motifs is 1. The number of benzene rings is 2. The monoisotopic (exact) mass is 571 g/mol. The SMILES string of the molecule is CCOC(=O)C1=C(C)N=c2s/c(=C/c3coc(-c4ccccc4[N+](=O)[O-])c3)c(=O)n2[C@H]1c1ccc(C(C)(C)C)cc1. The Kier molecular flexibility index (Phi) is 7.35. The number of ether oxygens (including phenoxy) is 1. The molecule has 10 heteroatoms. The minimum atomic E-state index is -0.714. The molecule has 2 aromatic heterocycles. The van der Waals surface area contributed by atoms with E-state index in [1.807, 2.05) is 24.3 Å². The van der Waals surface area contributed by atoms with Crippen LogP contribution in [0, 0.1) is 10.1 Å². The number of thiazole rings is 1. The second kappa shape index (κ2) is 10.8. The van der Waals surface area contributed by atoms with Crippen LogP contribution in [0.4, 0.5) is 5.69 Å². The summed E-state index contributed by atoms with van der Waals surface area (Å²) in [6.07, 6.45) is 3.11. The van der Waals surface area contributed by atoms with Gasteiger partial charge in [0.25, 0.3) is 11.2 Å². The summed E-state index contributed by atoms with van der Waals surface area (Å²) in [5.74, 6) is -0.203. The number of esters is 1. The second-order valence-corrected chi connectivity index (χ2v) is 11.7. The molecule has 0 N–H and O–H groups in total. The maximum absolute atomic E-state index is 13.9. The van der Waals surface area contributed by atoms with Crippen LogP contribution in [-0.4, -0.2) is 22.1 Å². The Morgan fingerprint density at radius 3 is 2.56 bits per heavy atom. The van der Waals surface area contributed by atoms with Crippen molar-refractivity contribution in [2.45, 2.75) is 46.1 Å². The molecular formula is C31H29N3O6S. The average molecular weight is 572 g/mol. The van der Waals surface area contributed by atoms with Crippen LogP contribution in [-0.2, 0) is 14.9 Å². The highest BCUT2D eigenvalue weighted by atomic mass is 32.1. The molecule has 0 saturated heterocycles. The predicted octanol–water partition coefficient (Wildman–Crippen LogP) is 5.26. The summed E-state index contributed by atoms with van der Waals surface area (Å²) < 4.78 is 12.9. The molecule has 0 aliphatic carbocycles. The van der Waals surface area contributed by atoms with Crippen molar-refractivity contribution in [2.24, 2.45) is 4.99 Å². The molecule has 0 spiro atoms. The molecule has 0 amide bonds. The fourth-order valence-electron chi connectivity index (χ4n) is 4.83. The highest BCUT2D eigenvalue weighted by molar-refractivity contribution is 7.07. The van der Waals surface area contributed by atoms with E-state index in [-0.39, 0.29) is 23.3 Å². The third-order valence-electron chi connectivity index (χ3n) is 6.89. The lowest BCUT2D eigenvalue weighted by Gasteiger charge is -2.26. The first-order chi connectivity index (χ1) is 19.5. The van der Waals surface area contributed by atoms with E-state index in [9.17, 15) is 19.7 Å². The van der Waals surface area contributed by atoms with Crippen molar-refractivity contribution in [3.8, 4) is 11.3 Å². The Bertz CT molecular complexity index is 1870. The maximum atomic E-state index is 13.9. The van der Waals surface area contributed by atoms with Crippen LogP contribution >= 0.6 is 11.3 Å². The zero-order chi connectivity index (χ0) is 29.5. The fraction of sp³-hybridized carbons (Fsp3) is 0.258. The fourth-order valence-corrected chi connectivity index (χ4v) is 5.88. The molecule has 4 aromatic rings. The van der Waals surface area contributed by atoms with Gasteiger partial charge in [0.15, 0.2) is 4.80 Å². The molecule has 0 saturated carbocycles. The number of nitrogens with zero attached hydrogens (tertiary/aromatic N) is 3. The maximum Gasteiger partial charge on any atom is 0.338 e. The molecule has 0 bridgehead atoms. The van der Waals surface area contributed by atoms with Crippen molar-refractivity contribution in [1.29, 1.82) is 0 Å². The number of allylic oxidation sites excluding steroid dienone is 1. The molecule has 3 heterocycles. The molecule has 5 rings (SSSR count). The highest BCUT2D eigenvalue weighted by Gasteiger charge is 2.33. The molecule has 1 aliphatic rings. The molecule has 9 nitrogen and oxygen atoms in total. The summed E-state index contributed by atoms with van der Waals surface area (Å²) in [6.45, 7) is 10.0. The van der Waals surface area contributed by atoms with Crippen LogP contribution in [0.5, 0.6) is 0 Å². The molecule has 1 aliphatic heterocycles. The van der Waals surface area contributed by atoms with Crippen molar-refractivity contribution in [3.05, 3.63) is 119 Å². The van der Waals surface area contributed by atoms with Crippen LogP contribution in [0.1, 0.15) is 57.4 Å². The Morgan fingerprint density at radius 2 is 1.90 bits per heavy atom. The summed E-state index contributed by atoms with van der Waals surface area (Å²) in [4.78, 5) is 43.1. The number of furan rings is 1. The van der Waals surface area contributed by atoms with Crippen molar-refractivity contribution >= 4 is 29.1 Å². The van der Waals surface area contributed by atoms with Gasteiger partial charge in [0.2, 0.25) is 0 Å². The first-order valence-electron chi connectivity index (χ1n) is 13.1. The van der Waals surface area contributed by atoms with Gasteiger partial charge in [-0.15, -0.1) is 0 Å². The molecule has 0 radical (unpaired) electrons. The quantitative estimate of drug-likeness (QED) is 0.177. The van der Waals surface area contributed by atoms with Gasteiger partial charge in [-0.05, 0) is 48.6 Å². The van der Waals surface area contributed by atoms with E-state index in [4.69, 9.17) is 9.15 Å². The molecule has 41 heavy (non-hydrogen) atoms. The number of carbonyl (C=O) groups excluding carboxylic acids is 1. The predicted molar refractivity (Wildman–Crippen MR) is 156 cm³/mol. The Balaban J connectivity index is 1.63. The molecule has 0 fully saturated rings. The average Bonchev–Trinajstić information content (AvgIpc) is 3.51. The van der Waals surface area contributed by atoms with Gasteiger partial charge in [0.05, 0.1) is 45.2 Å². The Morgan fingerprint density at radius 1 is 1.20 bits per heavy atom. The van der Waals surface area contributed by atoms with Gasteiger partial charge in [-0.3, -0.25) is 19.5 Å². The van der Waals surface area contributed by atoms with E-state index in [1.165, 1.54) is 28.2 Å². The van der Waals surface area contributed by atoms with E-state index in [2.05, 4.69) is 25.8 Å². The summed E-state index contributed by atoms with van der Waals surface area (Å²) in [7, 11) is 0. The highest BCUT2D eigenvalue weighted by Crippen LogP contribution is 2.33. The molecule has 2 aromatic carbocycles. The van der Waals surface area contributed by atoms with Gasteiger partial charge < -0.3 is 9.15 Å². The molecule has 1 atom stereocenters. The largest absolute Gasteiger partial charge is 0.463 e. The van der Waals surface area contributed by atoms with Crippen LogP contribution in [0.15, 0.2) is 86.3 Å². The first kappa shape index (κ1) is 28.0. The molecular weight excluding hydrogens is 542 g/mol. The van der Waals surface area contributed by atoms with Gasteiger partial charge in [0, 0.05) is 11.6 Å². The zero-order valence-electron chi connectivity index (χ0n) is 23.3. The minimum Gasteiger partial charge on any atom is -0.463 e. The number of aromatic nitrogens is 1. The Labute approximate surface area is 239 Å². The van der Waals surface area contributed by atoms with E-state index in [0.717, 1.165) is 11.1 Å². The van der Waals surface area contributed by atoms with Gasteiger partial charge in [0.1, 0.15) is 5.76 Å². The number of nitro groups is 1. The normalized spacial score (nSPS) is 15.4. The van der Waals surface area contributed by atoms with Crippen molar-refractivity contribution in [1.82, 2.24) is 4.57 Å². The van der Waals surface area contributed by atoms with E-state index in [1.54, 1.807) is 44.2 Å². The Hall–Kier alpha value is -4.57. The zero-order valence-corrected chi connectivity index (χ0v) is 24.2. The third-order valence-corrected chi connectivity index (χ3v) is 7.88. The van der Waals surface area contributed by atoms with Crippen LogP contribution in [0.3, 0.4) is 0 Å². The number of hydrogen-bond acceptors (Lipinski definition) is 8. The van der Waals surface area contributed by atoms with Crippen LogP contribution < -0.4 is 14.9 Å². The van der Waals surface area contributed by atoms with Crippen LogP contribution in [0.2, 0.25) is 0 Å². The third kappa shape index (κ3) is 5.30. The summed E-state index contributed by atoms with van der Waals surface area (Å²) in [5, 5.41) is 11.5. The van der Waals surface area contributed by atoms with Crippen molar-refractivity contribution in [2.75, 3.05) is 6.61 Å². The lowest BCUT2D eigenvalue weighted by molar-refractivity contribution is -0.384. The number of hydrogen-bond donors (Lipinski definition) is 0. The number of nitro benzene ring substituents is 1. The van der Waals surface area contributed by atoms with Crippen molar-refractivity contribution in [3.63, 3.8) is 0 Å². The van der Waals surface area contributed by atoms with Crippen LogP contribution in [0.25, 0.3) is 17.4 Å². The van der Waals surface area contributed by atoms with E-state index in [0.29, 0.717) is 37.5 Å². The van der Waals surface area contributed by atoms with E-state index < -0.39 is 16.9 Å². The number of carbonyl (C=O) groups is 1. The van der Waals surface area contributed by atoms with Crippen molar-refractivity contribution < 1.29 is 18.9 Å². The van der Waals surface area contributed by atoms with Gasteiger partial charge in [-0.2, -0.15) is 0 Å². The minimum absolute atomic E-state index is 0.0632. The molecule has 0 unspecified atom stereocenters. The molecule has 210 valence electrons. The lowest BCUT2D eigenvalue weighted by atomic mass is 9.85. The smallest absolute Gasteiger partial charge is 0.338 e. The second-order valence-electron chi connectivity index (χ2n) is 10.7. The topological polar surface area (TPSA) is 117 Å².